The Morgan fingerprint density at radius 3 is 2.58 bits per heavy atom. The van der Waals surface area contributed by atoms with E-state index >= 15 is 0 Å². The van der Waals surface area contributed by atoms with Gasteiger partial charge >= 0.3 is 0 Å². The molecule has 134 valence electrons. The molecule has 1 atom stereocenters. The molecule has 0 radical (unpaired) electrons. The number of benzene rings is 2. The normalized spacial score (nSPS) is 13.3. The largest absolute Gasteiger partial charge is 0.248 e. The molecule has 1 aromatic heterocycles. The van der Waals surface area contributed by atoms with Gasteiger partial charge in [-0.15, -0.1) is 0 Å². The molecule has 5 heteroatoms. The van der Waals surface area contributed by atoms with Crippen LogP contribution in [-0.2, 0) is 9.84 Å². The summed E-state index contributed by atoms with van der Waals surface area (Å²) >= 11 is 6.03. The molecule has 0 amide bonds. The van der Waals surface area contributed by atoms with Gasteiger partial charge in [0.2, 0.25) is 0 Å². The van der Waals surface area contributed by atoms with Gasteiger partial charge in [0.15, 0.2) is 9.84 Å². The van der Waals surface area contributed by atoms with Crippen LogP contribution >= 0.6 is 11.6 Å². The van der Waals surface area contributed by atoms with Crippen LogP contribution in [0, 0.1) is 0 Å². The summed E-state index contributed by atoms with van der Waals surface area (Å²) in [5.41, 5.74) is 3.42. The molecule has 0 spiro atoms. The van der Waals surface area contributed by atoms with Crippen LogP contribution in [0.2, 0.25) is 5.02 Å². The van der Waals surface area contributed by atoms with Crippen molar-refractivity contribution in [1.82, 2.24) is 4.98 Å². The van der Waals surface area contributed by atoms with Crippen LogP contribution in [0.15, 0.2) is 54.6 Å². The van der Waals surface area contributed by atoms with Crippen LogP contribution in [0.1, 0.15) is 35.4 Å². The zero-order chi connectivity index (χ0) is 18.7. The van der Waals surface area contributed by atoms with Crippen LogP contribution in [0.5, 0.6) is 0 Å². The summed E-state index contributed by atoms with van der Waals surface area (Å²) in [6.45, 7) is 1.89. The Bertz CT molecular complexity index is 1070. The fraction of sp³-hybridized carbons (Fsp3) is 0.190. The van der Waals surface area contributed by atoms with E-state index in [0.717, 1.165) is 27.7 Å². The third-order valence-electron chi connectivity index (χ3n) is 4.29. The lowest BCUT2D eigenvalue weighted by Gasteiger charge is -2.13. The quantitative estimate of drug-likeness (QED) is 0.578. The van der Waals surface area contributed by atoms with E-state index in [4.69, 9.17) is 11.6 Å². The van der Waals surface area contributed by atoms with Gasteiger partial charge in [0, 0.05) is 16.7 Å². The Morgan fingerprint density at radius 1 is 1.08 bits per heavy atom. The predicted octanol–water partition coefficient (Wildman–Crippen LogP) is 5.55. The van der Waals surface area contributed by atoms with Crippen LogP contribution in [0.4, 0.5) is 0 Å². The number of halogens is 1. The van der Waals surface area contributed by atoms with Crippen LogP contribution in [0.25, 0.3) is 23.1 Å². The summed E-state index contributed by atoms with van der Waals surface area (Å²) in [5.74, 6) is 0. The Hall–Kier alpha value is -2.17. The summed E-state index contributed by atoms with van der Waals surface area (Å²) < 4.78 is 23.9. The van der Waals surface area contributed by atoms with Crippen molar-refractivity contribution >= 4 is 44.5 Å². The van der Waals surface area contributed by atoms with Gasteiger partial charge < -0.3 is 0 Å². The summed E-state index contributed by atoms with van der Waals surface area (Å²) in [4.78, 5) is 4.60. The topological polar surface area (TPSA) is 47.0 Å². The van der Waals surface area contributed by atoms with E-state index in [9.17, 15) is 8.42 Å². The van der Waals surface area contributed by atoms with Crippen molar-refractivity contribution in [2.45, 2.75) is 18.6 Å². The zero-order valence-corrected chi connectivity index (χ0v) is 16.3. The molecule has 0 aliphatic rings. The van der Waals surface area contributed by atoms with Gasteiger partial charge in [0.1, 0.15) is 0 Å². The van der Waals surface area contributed by atoms with E-state index in [2.05, 4.69) is 4.98 Å². The van der Waals surface area contributed by atoms with Gasteiger partial charge in [-0.25, -0.2) is 13.4 Å². The summed E-state index contributed by atoms with van der Waals surface area (Å²) in [6, 6.07) is 17.2. The first-order valence-electron chi connectivity index (χ1n) is 8.40. The molecular formula is C21H20ClNO2S. The van der Waals surface area contributed by atoms with E-state index in [-0.39, 0.29) is 0 Å². The van der Waals surface area contributed by atoms with Gasteiger partial charge in [0.25, 0.3) is 0 Å². The Morgan fingerprint density at radius 2 is 1.85 bits per heavy atom. The maximum absolute atomic E-state index is 12.0. The van der Waals surface area contributed by atoms with Crippen molar-refractivity contribution in [3.8, 4) is 0 Å². The molecule has 0 bridgehead atoms. The van der Waals surface area contributed by atoms with Crippen molar-refractivity contribution < 1.29 is 8.42 Å². The molecule has 1 heterocycles. The lowest BCUT2D eigenvalue weighted by atomic mass is 10.1. The molecule has 0 N–H and O–H groups in total. The van der Waals surface area contributed by atoms with E-state index in [0.29, 0.717) is 11.4 Å². The number of aromatic nitrogens is 1. The van der Waals surface area contributed by atoms with Crippen molar-refractivity contribution in [2.75, 3.05) is 6.26 Å². The maximum Gasteiger partial charge on any atom is 0.154 e. The van der Waals surface area contributed by atoms with Crippen LogP contribution in [0.3, 0.4) is 0 Å². The minimum Gasteiger partial charge on any atom is -0.248 e. The van der Waals surface area contributed by atoms with Gasteiger partial charge in [-0.3, -0.25) is 0 Å². The van der Waals surface area contributed by atoms with Crippen molar-refractivity contribution in [2.24, 2.45) is 0 Å². The van der Waals surface area contributed by atoms with Crippen molar-refractivity contribution in [1.29, 1.82) is 0 Å². The minimum absolute atomic E-state index is 0.475. The maximum atomic E-state index is 12.0. The molecule has 3 nitrogen and oxygen atoms in total. The summed E-state index contributed by atoms with van der Waals surface area (Å²) in [7, 11) is -3.13. The number of sulfone groups is 1. The van der Waals surface area contributed by atoms with Gasteiger partial charge in [-0.1, -0.05) is 61.0 Å². The van der Waals surface area contributed by atoms with Gasteiger partial charge in [0.05, 0.1) is 16.5 Å². The summed E-state index contributed by atoms with van der Waals surface area (Å²) in [5, 5.41) is 1.22. The number of hydrogen-bond acceptors (Lipinski definition) is 3. The van der Waals surface area contributed by atoms with E-state index < -0.39 is 15.1 Å². The second-order valence-corrected chi connectivity index (χ2v) is 8.97. The standard InChI is InChI=1S/C21H20ClNO2S/c1-3-21(26(2,24)25)17-6-4-5-15(13-17)7-11-19-12-9-16-8-10-18(22)14-20(16)23-19/h4-14,21H,3H2,1-2H3/t21-/m0/s1. The Kier molecular flexibility index (Phi) is 5.44. The Balaban J connectivity index is 1.90. The number of rotatable bonds is 5. The molecular weight excluding hydrogens is 366 g/mol. The first-order chi connectivity index (χ1) is 12.4. The first kappa shape index (κ1) is 18.6. The fourth-order valence-corrected chi connectivity index (χ4v) is 4.44. The Labute approximate surface area is 159 Å². The second-order valence-electron chi connectivity index (χ2n) is 6.30. The van der Waals surface area contributed by atoms with Gasteiger partial charge in [-0.2, -0.15) is 0 Å². The highest BCUT2D eigenvalue weighted by atomic mass is 35.5. The monoisotopic (exact) mass is 385 g/mol. The highest BCUT2D eigenvalue weighted by Gasteiger charge is 2.20. The predicted molar refractivity (Wildman–Crippen MR) is 110 cm³/mol. The van der Waals surface area contributed by atoms with E-state index in [1.165, 1.54) is 6.26 Å². The van der Waals surface area contributed by atoms with Crippen LogP contribution in [-0.4, -0.2) is 19.7 Å². The zero-order valence-electron chi connectivity index (χ0n) is 14.7. The molecule has 0 fully saturated rings. The lowest BCUT2D eigenvalue weighted by molar-refractivity contribution is 0.585. The van der Waals surface area contributed by atoms with Crippen molar-refractivity contribution in [3.05, 3.63) is 76.4 Å². The molecule has 0 saturated heterocycles. The molecule has 2 aromatic carbocycles. The summed E-state index contributed by atoms with van der Waals surface area (Å²) in [6.07, 6.45) is 5.70. The molecule has 26 heavy (non-hydrogen) atoms. The highest BCUT2D eigenvalue weighted by molar-refractivity contribution is 7.90. The molecule has 0 aliphatic heterocycles. The SMILES string of the molecule is CC[C@@H](c1cccc(C=Cc2ccc3ccc(Cl)cc3n2)c1)S(C)(=O)=O. The number of fused-ring (bicyclic) bond motifs is 1. The molecule has 0 unspecified atom stereocenters. The number of hydrogen-bond donors (Lipinski definition) is 0. The third-order valence-corrected chi connectivity index (χ3v) is 6.17. The van der Waals surface area contributed by atoms with E-state index in [1.807, 2.05) is 73.7 Å². The smallest absolute Gasteiger partial charge is 0.154 e. The second kappa shape index (κ2) is 7.60. The average molecular weight is 386 g/mol. The first-order valence-corrected chi connectivity index (χ1v) is 10.7. The molecule has 3 aromatic rings. The van der Waals surface area contributed by atoms with Crippen molar-refractivity contribution in [3.63, 3.8) is 0 Å². The number of nitrogens with zero attached hydrogens (tertiary/aromatic N) is 1. The average Bonchev–Trinajstić information content (AvgIpc) is 2.59. The molecule has 0 saturated carbocycles. The molecule has 0 aliphatic carbocycles. The fourth-order valence-electron chi connectivity index (χ4n) is 3.03. The van der Waals surface area contributed by atoms with Gasteiger partial charge in [-0.05, 0) is 41.8 Å². The minimum atomic E-state index is -3.13. The lowest BCUT2D eigenvalue weighted by Crippen LogP contribution is -2.10. The van der Waals surface area contributed by atoms with E-state index in [1.54, 1.807) is 0 Å². The third kappa shape index (κ3) is 4.32. The van der Waals surface area contributed by atoms with Crippen LogP contribution < -0.4 is 0 Å². The molecule has 3 rings (SSSR count). The highest BCUT2D eigenvalue weighted by Crippen LogP contribution is 2.26. The number of pyridine rings is 1.